The van der Waals surface area contributed by atoms with E-state index < -0.39 is 0 Å². The second-order valence-electron chi connectivity index (χ2n) is 9.85. The lowest BCUT2D eigenvalue weighted by Crippen LogP contribution is -2.38. The zero-order valence-corrected chi connectivity index (χ0v) is 20.9. The lowest BCUT2D eigenvalue weighted by Gasteiger charge is -2.42. The number of hydrogen-bond acceptors (Lipinski definition) is 1. The van der Waals surface area contributed by atoms with Crippen LogP contribution in [0.5, 0.6) is 0 Å². The summed E-state index contributed by atoms with van der Waals surface area (Å²) in [5, 5.41) is 1.45. The third-order valence-electron chi connectivity index (χ3n) is 7.34. The number of benzene rings is 1. The van der Waals surface area contributed by atoms with Gasteiger partial charge in [0.15, 0.2) is 0 Å². The van der Waals surface area contributed by atoms with Crippen molar-refractivity contribution in [3.8, 4) is 0 Å². The van der Waals surface area contributed by atoms with Crippen LogP contribution in [0, 0.1) is 17.3 Å². The fraction of sp³-hybridized carbons (Fsp3) is 0.571. The van der Waals surface area contributed by atoms with E-state index in [9.17, 15) is 0 Å². The molecule has 0 amide bonds. The third-order valence-corrected chi connectivity index (χ3v) is 7.92. The second kappa shape index (κ2) is 11.6. The minimum absolute atomic E-state index is 0.250. The quantitative estimate of drug-likeness (QED) is 0.315. The van der Waals surface area contributed by atoms with Gasteiger partial charge in [-0.1, -0.05) is 93.4 Å². The van der Waals surface area contributed by atoms with E-state index in [1.165, 1.54) is 50.6 Å². The molecule has 3 heteroatoms. The maximum Gasteiger partial charge on any atom is 0.0470 e. The average Bonchev–Trinajstić information content (AvgIpc) is 2.76. The maximum atomic E-state index is 6.59. The monoisotopic (exact) mass is 459 g/mol. The largest absolute Gasteiger partial charge is 0.367 e. The number of halogens is 2. The van der Waals surface area contributed by atoms with Crippen LogP contribution < -0.4 is 0 Å². The van der Waals surface area contributed by atoms with E-state index in [-0.39, 0.29) is 5.41 Å². The highest BCUT2D eigenvalue weighted by atomic mass is 35.5. The lowest BCUT2D eigenvalue weighted by molar-refractivity contribution is 0.120. The fourth-order valence-electron chi connectivity index (χ4n) is 5.37. The van der Waals surface area contributed by atoms with Gasteiger partial charge in [-0.3, -0.25) is 0 Å². The van der Waals surface area contributed by atoms with Gasteiger partial charge < -0.3 is 4.90 Å². The van der Waals surface area contributed by atoms with Crippen LogP contribution in [0.3, 0.4) is 0 Å². The van der Waals surface area contributed by atoms with Crippen LogP contribution in [0.1, 0.15) is 77.2 Å². The van der Waals surface area contributed by atoms with Gasteiger partial charge in [0.1, 0.15) is 0 Å². The molecule has 0 heterocycles. The highest BCUT2D eigenvalue weighted by Crippen LogP contribution is 2.42. The molecule has 1 aromatic rings. The van der Waals surface area contributed by atoms with Gasteiger partial charge in [-0.15, -0.1) is 6.58 Å². The number of rotatable bonds is 10. The SMILES string of the molecule is C=CCC(CC)(CC1CCCCC1)CN(Cc1ccc(Cl)cc1Cl)C1=CCC(C)C=C1. The minimum Gasteiger partial charge on any atom is -0.367 e. The number of allylic oxidation sites excluding steroid dienone is 4. The normalized spacial score (nSPS) is 21.4. The second-order valence-corrected chi connectivity index (χ2v) is 10.7. The van der Waals surface area contributed by atoms with Crippen molar-refractivity contribution in [2.24, 2.45) is 17.3 Å². The topological polar surface area (TPSA) is 3.24 Å². The van der Waals surface area contributed by atoms with Gasteiger partial charge >= 0.3 is 0 Å². The van der Waals surface area contributed by atoms with E-state index in [2.05, 4.69) is 55.7 Å². The summed E-state index contributed by atoms with van der Waals surface area (Å²) >= 11 is 12.8. The molecule has 1 fully saturated rings. The lowest BCUT2D eigenvalue weighted by atomic mass is 9.70. The van der Waals surface area contributed by atoms with Crippen molar-refractivity contribution >= 4 is 23.2 Å². The van der Waals surface area contributed by atoms with Crippen molar-refractivity contribution < 1.29 is 0 Å². The first-order chi connectivity index (χ1) is 14.9. The standard InChI is InChI=1S/C28H39Cl2N/c1-4-17-28(5-2,19-23-9-7-6-8-10-23)21-31(26-15-11-22(3)12-16-26)20-24-13-14-25(29)18-27(24)30/h4,11,13-16,18,22-23H,1,5-10,12,17,19-21H2,2-3H3. The van der Waals surface area contributed by atoms with E-state index >= 15 is 0 Å². The van der Waals surface area contributed by atoms with Crippen molar-refractivity contribution in [2.45, 2.75) is 78.2 Å². The molecule has 0 aliphatic heterocycles. The Morgan fingerprint density at radius 2 is 1.97 bits per heavy atom. The predicted octanol–water partition coefficient (Wildman–Crippen LogP) is 9.22. The van der Waals surface area contributed by atoms with Crippen LogP contribution in [0.25, 0.3) is 0 Å². The Bertz CT molecular complexity index is 790. The molecule has 3 rings (SSSR count). The maximum absolute atomic E-state index is 6.59. The molecule has 0 radical (unpaired) electrons. The zero-order chi connectivity index (χ0) is 22.3. The molecule has 170 valence electrons. The van der Waals surface area contributed by atoms with Crippen molar-refractivity contribution in [2.75, 3.05) is 6.54 Å². The van der Waals surface area contributed by atoms with Gasteiger partial charge in [-0.05, 0) is 66.7 Å². The molecule has 0 N–H and O–H groups in total. The van der Waals surface area contributed by atoms with Crippen LogP contribution >= 0.6 is 23.2 Å². The zero-order valence-electron chi connectivity index (χ0n) is 19.4. The van der Waals surface area contributed by atoms with E-state index in [4.69, 9.17) is 23.2 Å². The Labute approximate surface area is 200 Å². The van der Waals surface area contributed by atoms with Crippen molar-refractivity contribution in [1.29, 1.82) is 0 Å². The first kappa shape index (κ1) is 24.5. The van der Waals surface area contributed by atoms with Crippen LogP contribution in [0.2, 0.25) is 10.0 Å². The van der Waals surface area contributed by atoms with E-state index in [1.54, 1.807) is 0 Å². The van der Waals surface area contributed by atoms with Crippen LogP contribution in [-0.4, -0.2) is 11.4 Å². The first-order valence-electron chi connectivity index (χ1n) is 12.1. The summed E-state index contributed by atoms with van der Waals surface area (Å²) in [5.41, 5.74) is 2.72. The Kier molecular flexibility index (Phi) is 9.17. The summed E-state index contributed by atoms with van der Waals surface area (Å²) in [4.78, 5) is 2.56. The summed E-state index contributed by atoms with van der Waals surface area (Å²) < 4.78 is 0. The molecule has 2 aliphatic carbocycles. The molecule has 0 aromatic heterocycles. The van der Waals surface area contributed by atoms with Crippen molar-refractivity contribution in [3.63, 3.8) is 0 Å². The molecule has 0 spiro atoms. The van der Waals surface area contributed by atoms with Crippen molar-refractivity contribution in [1.82, 2.24) is 4.90 Å². The highest BCUT2D eigenvalue weighted by molar-refractivity contribution is 6.35. The fourth-order valence-corrected chi connectivity index (χ4v) is 5.84. The first-order valence-corrected chi connectivity index (χ1v) is 12.9. The molecule has 1 nitrogen and oxygen atoms in total. The number of nitrogens with zero attached hydrogens (tertiary/aromatic N) is 1. The molecule has 31 heavy (non-hydrogen) atoms. The van der Waals surface area contributed by atoms with Gasteiger partial charge in [0, 0.05) is 28.8 Å². The summed E-state index contributed by atoms with van der Waals surface area (Å²) in [6.07, 6.45) is 20.8. The Morgan fingerprint density at radius 1 is 1.19 bits per heavy atom. The Balaban J connectivity index is 1.87. The van der Waals surface area contributed by atoms with E-state index in [0.717, 1.165) is 42.4 Å². The highest BCUT2D eigenvalue weighted by Gasteiger charge is 2.33. The van der Waals surface area contributed by atoms with E-state index in [0.29, 0.717) is 10.9 Å². The number of hydrogen-bond donors (Lipinski definition) is 0. The smallest absolute Gasteiger partial charge is 0.0470 e. The molecule has 0 saturated heterocycles. The van der Waals surface area contributed by atoms with Gasteiger partial charge in [-0.25, -0.2) is 0 Å². The summed E-state index contributed by atoms with van der Waals surface area (Å²) in [7, 11) is 0. The molecular formula is C28H39Cl2N. The Morgan fingerprint density at radius 3 is 2.58 bits per heavy atom. The van der Waals surface area contributed by atoms with Gasteiger partial charge in [-0.2, -0.15) is 0 Å². The van der Waals surface area contributed by atoms with Crippen molar-refractivity contribution in [3.05, 3.63) is 70.4 Å². The van der Waals surface area contributed by atoms with Crippen LogP contribution in [-0.2, 0) is 6.54 Å². The molecule has 2 unspecified atom stereocenters. The van der Waals surface area contributed by atoms with Crippen LogP contribution in [0.4, 0.5) is 0 Å². The summed E-state index contributed by atoms with van der Waals surface area (Å²) in [6.45, 7) is 10.6. The Hall–Kier alpha value is -1.18. The molecule has 2 aliphatic rings. The van der Waals surface area contributed by atoms with E-state index in [1.807, 2.05) is 12.1 Å². The van der Waals surface area contributed by atoms with Crippen LogP contribution in [0.15, 0.2) is 54.8 Å². The van der Waals surface area contributed by atoms with Gasteiger partial charge in [0.2, 0.25) is 0 Å². The third kappa shape index (κ3) is 6.90. The summed E-state index contributed by atoms with van der Waals surface area (Å²) in [5.74, 6) is 1.46. The van der Waals surface area contributed by atoms with Gasteiger partial charge in [0.05, 0.1) is 0 Å². The molecule has 1 saturated carbocycles. The summed E-state index contributed by atoms with van der Waals surface area (Å²) in [6, 6.07) is 5.89. The minimum atomic E-state index is 0.250. The van der Waals surface area contributed by atoms with Gasteiger partial charge in [0.25, 0.3) is 0 Å². The molecule has 1 aromatic carbocycles. The average molecular weight is 461 g/mol. The predicted molar refractivity (Wildman–Crippen MR) is 137 cm³/mol. The molecule has 0 bridgehead atoms. The molecular weight excluding hydrogens is 421 g/mol. The molecule has 2 atom stereocenters.